The van der Waals surface area contributed by atoms with Crippen molar-refractivity contribution in [1.82, 2.24) is 10.2 Å². The van der Waals surface area contributed by atoms with E-state index in [-0.39, 0.29) is 6.03 Å². The zero-order valence-corrected chi connectivity index (χ0v) is 6.97. The van der Waals surface area contributed by atoms with E-state index >= 15 is 0 Å². The fraction of sp³-hybridized carbons (Fsp3) is 0.750. The van der Waals surface area contributed by atoms with Gasteiger partial charge in [-0.2, -0.15) is 0 Å². The number of nitrogens with one attached hydrogen (secondary N) is 1. The van der Waals surface area contributed by atoms with Crippen LogP contribution in [0.3, 0.4) is 0 Å². The van der Waals surface area contributed by atoms with Crippen LogP contribution in [0.1, 0.15) is 26.2 Å². The van der Waals surface area contributed by atoms with Crippen LogP contribution in [0, 0.1) is 6.54 Å². The molecule has 1 saturated heterocycles. The van der Waals surface area contributed by atoms with Crippen molar-refractivity contribution < 1.29 is 4.79 Å². The maximum Gasteiger partial charge on any atom is 0.317 e. The normalized spacial score (nSPS) is 18.1. The van der Waals surface area contributed by atoms with Crippen molar-refractivity contribution in [3.63, 3.8) is 0 Å². The lowest BCUT2D eigenvalue weighted by molar-refractivity contribution is 0.201. The fourth-order valence-electron chi connectivity index (χ4n) is 1.20. The van der Waals surface area contributed by atoms with E-state index in [4.69, 9.17) is 0 Å². The van der Waals surface area contributed by atoms with Crippen LogP contribution in [0.2, 0.25) is 0 Å². The molecule has 1 N–H and O–H groups in total. The van der Waals surface area contributed by atoms with Gasteiger partial charge in [-0.25, -0.2) is 4.79 Å². The standard InChI is InChI=1S/C8H15N2O/c1-2-9-8(11)10-6-4-3-5-7-10/h6H,2-5,7H2,1H3,(H,9,11). The predicted octanol–water partition coefficient (Wildman–Crippen LogP) is 1.36. The van der Waals surface area contributed by atoms with Crippen molar-refractivity contribution >= 4 is 6.03 Å². The Labute approximate surface area is 67.8 Å². The Morgan fingerprint density at radius 3 is 3.00 bits per heavy atom. The zero-order chi connectivity index (χ0) is 8.10. The third-order valence-corrected chi connectivity index (χ3v) is 1.79. The highest BCUT2D eigenvalue weighted by Gasteiger charge is 2.14. The number of rotatable bonds is 1. The molecule has 1 heterocycles. The smallest absolute Gasteiger partial charge is 0.317 e. The Bertz CT molecular complexity index is 130. The first kappa shape index (κ1) is 8.37. The first-order valence-electron chi connectivity index (χ1n) is 4.22. The Balaban J connectivity index is 2.27. The Kier molecular flexibility index (Phi) is 3.20. The van der Waals surface area contributed by atoms with Gasteiger partial charge in [0.15, 0.2) is 0 Å². The summed E-state index contributed by atoms with van der Waals surface area (Å²) >= 11 is 0. The molecule has 63 valence electrons. The summed E-state index contributed by atoms with van der Waals surface area (Å²) in [5.41, 5.74) is 0. The summed E-state index contributed by atoms with van der Waals surface area (Å²) in [6.07, 6.45) is 3.39. The van der Waals surface area contributed by atoms with Crippen LogP contribution in [0.15, 0.2) is 0 Å². The van der Waals surface area contributed by atoms with Crippen LogP contribution < -0.4 is 5.32 Å². The average Bonchev–Trinajstić information content (AvgIpc) is 2.07. The van der Waals surface area contributed by atoms with Gasteiger partial charge in [-0.1, -0.05) is 0 Å². The molecule has 0 saturated carbocycles. The molecule has 1 aliphatic heterocycles. The summed E-state index contributed by atoms with van der Waals surface area (Å²) in [5, 5.41) is 2.77. The molecular weight excluding hydrogens is 140 g/mol. The molecule has 1 fully saturated rings. The quantitative estimate of drug-likeness (QED) is 0.609. The van der Waals surface area contributed by atoms with Crippen LogP contribution in [0.5, 0.6) is 0 Å². The number of amides is 2. The van der Waals surface area contributed by atoms with Crippen LogP contribution >= 0.6 is 0 Å². The number of piperidine rings is 1. The molecule has 0 spiro atoms. The van der Waals surface area contributed by atoms with Crippen molar-refractivity contribution in [3.05, 3.63) is 6.54 Å². The number of hydrogen-bond donors (Lipinski definition) is 1. The van der Waals surface area contributed by atoms with Crippen molar-refractivity contribution in [3.8, 4) is 0 Å². The number of likely N-dealkylation sites (tertiary alicyclic amines) is 1. The summed E-state index contributed by atoms with van der Waals surface area (Å²) in [6.45, 7) is 5.51. The molecule has 0 aliphatic carbocycles. The number of hydrogen-bond acceptors (Lipinski definition) is 1. The molecule has 11 heavy (non-hydrogen) atoms. The van der Waals surface area contributed by atoms with Crippen LogP contribution in [-0.4, -0.2) is 24.0 Å². The first-order valence-corrected chi connectivity index (χ1v) is 4.22. The van der Waals surface area contributed by atoms with E-state index in [0.29, 0.717) is 6.54 Å². The monoisotopic (exact) mass is 155 g/mol. The summed E-state index contributed by atoms with van der Waals surface area (Å²) in [7, 11) is 0. The minimum atomic E-state index is 0.0483. The van der Waals surface area contributed by atoms with Gasteiger partial charge in [0.1, 0.15) is 0 Å². The van der Waals surface area contributed by atoms with Crippen LogP contribution in [0.4, 0.5) is 4.79 Å². The maximum absolute atomic E-state index is 11.2. The van der Waals surface area contributed by atoms with Gasteiger partial charge < -0.3 is 10.2 Å². The highest BCUT2D eigenvalue weighted by atomic mass is 16.2. The molecule has 1 radical (unpaired) electrons. The topological polar surface area (TPSA) is 32.3 Å². The van der Waals surface area contributed by atoms with E-state index in [1.165, 1.54) is 6.42 Å². The molecule has 0 atom stereocenters. The van der Waals surface area contributed by atoms with E-state index < -0.39 is 0 Å². The highest BCUT2D eigenvalue weighted by Crippen LogP contribution is 2.11. The number of carbonyl (C=O) groups is 1. The molecule has 0 aromatic rings. The molecule has 3 heteroatoms. The molecule has 3 nitrogen and oxygen atoms in total. The number of carbonyl (C=O) groups excluding carboxylic acids is 1. The molecule has 0 aromatic carbocycles. The van der Waals surface area contributed by atoms with Crippen molar-refractivity contribution in [1.29, 1.82) is 0 Å². The Morgan fingerprint density at radius 1 is 1.64 bits per heavy atom. The lowest BCUT2D eigenvalue weighted by Gasteiger charge is -2.25. The number of nitrogens with zero attached hydrogens (tertiary/aromatic N) is 1. The van der Waals surface area contributed by atoms with Gasteiger partial charge in [-0.05, 0) is 26.2 Å². The lowest BCUT2D eigenvalue weighted by atomic mass is 10.1. The third kappa shape index (κ3) is 2.41. The minimum Gasteiger partial charge on any atom is -0.338 e. The Hall–Kier alpha value is -0.730. The molecule has 1 rings (SSSR count). The van der Waals surface area contributed by atoms with E-state index in [2.05, 4.69) is 5.32 Å². The average molecular weight is 155 g/mol. The van der Waals surface area contributed by atoms with E-state index in [0.717, 1.165) is 19.4 Å². The second-order valence-electron chi connectivity index (χ2n) is 2.71. The largest absolute Gasteiger partial charge is 0.338 e. The zero-order valence-electron chi connectivity index (χ0n) is 6.97. The lowest BCUT2D eigenvalue weighted by Crippen LogP contribution is -2.40. The first-order chi connectivity index (χ1) is 5.34. The van der Waals surface area contributed by atoms with Crippen molar-refractivity contribution in [2.45, 2.75) is 26.2 Å². The summed E-state index contributed by atoms with van der Waals surface area (Å²) in [4.78, 5) is 13.0. The molecule has 0 aromatic heterocycles. The second kappa shape index (κ2) is 4.21. The minimum absolute atomic E-state index is 0.0483. The van der Waals surface area contributed by atoms with E-state index in [1.807, 2.05) is 13.5 Å². The van der Waals surface area contributed by atoms with Crippen LogP contribution in [0.25, 0.3) is 0 Å². The summed E-state index contributed by atoms with van der Waals surface area (Å²) in [6, 6.07) is 0.0483. The predicted molar refractivity (Wildman–Crippen MR) is 43.9 cm³/mol. The highest BCUT2D eigenvalue weighted by molar-refractivity contribution is 5.74. The molecule has 2 amide bonds. The van der Waals surface area contributed by atoms with Gasteiger partial charge in [0, 0.05) is 13.1 Å². The van der Waals surface area contributed by atoms with Crippen molar-refractivity contribution in [2.24, 2.45) is 0 Å². The van der Waals surface area contributed by atoms with E-state index in [1.54, 1.807) is 4.90 Å². The number of urea groups is 1. The maximum atomic E-state index is 11.2. The van der Waals surface area contributed by atoms with Crippen molar-refractivity contribution in [2.75, 3.05) is 13.1 Å². The van der Waals surface area contributed by atoms with Gasteiger partial charge in [0.2, 0.25) is 0 Å². The molecule has 1 aliphatic rings. The molecule has 0 unspecified atom stereocenters. The van der Waals surface area contributed by atoms with Gasteiger partial charge in [0.25, 0.3) is 0 Å². The second-order valence-corrected chi connectivity index (χ2v) is 2.71. The van der Waals surface area contributed by atoms with Gasteiger partial charge >= 0.3 is 6.03 Å². The van der Waals surface area contributed by atoms with Gasteiger partial charge in [-0.15, -0.1) is 0 Å². The van der Waals surface area contributed by atoms with Gasteiger partial charge in [0.05, 0.1) is 6.54 Å². The Morgan fingerprint density at radius 2 is 2.45 bits per heavy atom. The summed E-state index contributed by atoms with van der Waals surface area (Å²) < 4.78 is 0. The third-order valence-electron chi connectivity index (χ3n) is 1.79. The SMILES string of the molecule is CCNC(=O)N1[CH]CCCC1. The van der Waals surface area contributed by atoms with Crippen LogP contribution in [-0.2, 0) is 0 Å². The van der Waals surface area contributed by atoms with Gasteiger partial charge in [-0.3, -0.25) is 0 Å². The summed E-state index contributed by atoms with van der Waals surface area (Å²) in [5.74, 6) is 0. The fourth-order valence-corrected chi connectivity index (χ4v) is 1.20. The van der Waals surface area contributed by atoms with E-state index in [9.17, 15) is 4.79 Å². The molecular formula is C8H15N2O. The molecule has 0 bridgehead atoms.